The third-order valence-electron chi connectivity index (χ3n) is 2.31. The lowest BCUT2D eigenvalue weighted by Crippen LogP contribution is -2.33. The molecular formula is C11H17N3O3S. The highest BCUT2D eigenvalue weighted by atomic mass is 32.2. The number of hydrogen-bond acceptors (Lipinski definition) is 4. The second-order valence-electron chi connectivity index (χ2n) is 3.74. The Labute approximate surface area is 106 Å². The topological polar surface area (TPSA) is 101 Å². The summed E-state index contributed by atoms with van der Waals surface area (Å²) in [5, 5.41) is 5.05. The molecule has 0 saturated carbocycles. The number of hydrogen-bond donors (Lipinski definition) is 3. The molecule has 0 bridgehead atoms. The summed E-state index contributed by atoms with van der Waals surface area (Å²) >= 11 is 0. The van der Waals surface area contributed by atoms with Crippen molar-refractivity contribution < 1.29 is 13.2 Å². The zero-order chi connectivity index (χ0) is 13.6. The van der Waals surface area contributed by atoms with Crippen molar-refractivity contribution in [3.05, 3.63) is 24.3 Å². The molecule has 0 saturated heterocycles. The van der Waals surface area contributed by atoms with E-state index in [4.69, 9.17) is 5.73 Å². The van der Waals surface area contributed by atoms with Crippen LogP contribution >= 0.6 is 0 Å². The molecule has 0 aliphatic heterocycles. The lowest BCUT2D eigenvalue weighted by Gasteiger charge is -2.07. The Hall–Kier alpha value is -1.76. The Kier molecular flexibility index (Phi) is 4.96. The molecule has 1 rings (SSSR count). The highest BCUT2D eigenvalue weighted by Gasteiger charge is 2.08. The van der Waals surface area contributed by atoms with Crippen LogP contribution in [0.2, 0.25) is 0 Å². The van der Waals surface area contributed by atoms with Crippen molar-refractivity contribution in [3.8, 4) is 0 Å². The fourth-order valence-corrected chi connectivity index (χ4v) is 1.91. The third kappa shape index (κ3) is 5.05. The van der Waals surface area contributed by atoms with Crippen LogP contribution in [0.15, 0.2) is 24.3 Å². The lowest BCUT2D eigenvalue weighted by atomic mass is 10.3. The van der Waals surface area contributed by atoms with E-state index >= 15 is 0 Å². The number of anilines is 2. The second-order valence-corrected chi connectivity index (χ2v) is 6.21. The zero-order valence-electron chi connectivity index (χ0n) is 10.1. The number of sulfone groups is 1. The van der Waals surface area contributed by atoms with E-state index in [0.717, 1.165) is 0 Å². The number of nitrogens with two attached hydrogens (primary N) is 1. The maximum atomic E-state index is 11.4. The SMILES string of the molecule is CCS(=O)(=O)CCNC(=O)Nc1ccc(N)cc1. The van der Waals surface area contributed by atoms with Gasteiger partial charge in [0, 0.05) is 23.7 Å². The van der Waals surface area contributed by atoms with Crippen LogP contribution in [0.25, 0.3) is 0 Å². The van der Waals surface area contributed by atoms with E-state index in [0.29, 0.717) is 11.4 Å². The molecule has 2 amide bonds. The number of carbonyl (C=O) groups is 1. The number of urea groups is 1. The minimum Gasteiger partial charge on any atom is -0.399 e. The normalized spacial score (nSPS) is 10.9. The average Bonchev–Trinajstić information content (AvgIpc) is 2.32. The number of nitrogen functional groups attached to an aromatic ring is 1. The van der Waals surface area contributed by atoms with Crippen LogP contribution < -0.4 is 16.4 Å². The number of carbonyl (C=O) groups excluding carboxylic acids is 1. The summed E-state index contributed by atoms with van der Waals surface area (Å²) in [7, 11) is -3.05. The summed E-state index contributed by atoms with van der Waals surface area (Å²) in [4.78, 5) is 11.4. The van der Waals surface area contributed by atoms with Crippen molar-refractivity contribution >= 4 is 27.2 Å². The van der Waals surface area contributed by atoms with E-state index in [1.807, 2.05) is 0 Å². The maximum absolute atomic E-state index is 11.4. The molecule has 0 aliphatic rings. The molecule has 6 nitrogen and oxygen atoms in total. The van der Waals surface area contributed by atoms with Crippen LogP contribution in [0.4, 0.5) is 16.2 Å². The number of amides is 2. The highest BCUT2D eigenvalue weighted by Crippen LogP contribution is 2.09. The molecule has 100 valence electrons. The Morgan fingerprint density at radius 3 is 2.44 bits per heavy atom. The largest absolute Gasteiger partial charge is 0.399 e. The van der Waals surface area contributed by atoms with Crippen LogP contribution in [0, 0.1) is 0 Å². The fourth-order valence-electron chi connectivity index (χ4n) is 1.21. The molecule has 0 heterocycles. The lowest BCUT2D eigenvalue weighted by molar-refractivity contribution is 0.252. The van der Waals surface area contributed by atoms with Gasteiger partial charge in [0.1, 0.15) is 0 Å². The standard InChI is InChI=1S/C11H17N3O3S/c1-2-18(16,17)8-7-13-11(15)14-10-5-3-9(12)4-6-10/h3-6H,2,7-8,12H2,1H3,(H2,13,14,15). The van der Waals surface area contributed by atoms with Gasteiger partial charge in [0.2, 0.25) is 0 Å². The van der Waals surface area contributed by atoms with E-state index in [1.54, 1.807) is 31.2 Å². The van der Waals surface area contributed by atoms with Gasteiger partial charge < -0.3 is 16.4 Å². The van der Waals surface area contributed by atoms with Gasteiger partial charge in [-0.3, -0.25) is 0 Å². The van der Waals surface area contributed by atoms with Crippen molar-refractivity contribution in [2.75, 3.05) is 29.1 Å². The Morgan fingerprint density at radius 2 is 1.89 bits per heavy atom. The maximum Gasteiger partial charge on any atom is 0.319 e. The van der Waals surface area contributed by atoms with Gasteiger partial charge in [0.25, 0.3) is 0 Å². The molecule has 0 aliphatic carbocycles. The highest BCUT2D eigenvalue weighted by molar-refractivity contribution is 7.91. The minimum absolute atomic E-state index is 0.0569. The molecule has 0 unspecified atom stereocenters. The van der Waals surface area contributed by atoms with E-state index in [2.05, 4.69) is 10.6 Å². The smallest absolute Gasteiger partial charge is 0.319 e. The van der Waals surface area contributed by atoms with Crippen LogP contribution in [0.5, 0.6) is 0 Å². The van der Waals surface area contributed by atoms with Crippen molar-refractivity contribution in [1.82, 2.24) is 5.32 Å². The summed E-state index contributed by atoms with van der Waals surface area (Å²) in [6, 6.07) is 6.22. The molecule has 18 heavy (non-hydrogen) atoms. The number of benzene rings is 1. The summed E-state index contributed by atoms with van der Waals surface area (Å²) in [6.45, 7) is 1.67. The predicted octanol–water partition coefficient (Wildman–Crippen LogP) is 0.825. The van der Waals surface area contributed by atoms with Gasteiger partial charge in [0.15, 0.2) is 9.84 Å². The first-order valence-corrected chi connectivity index (χ1v) is 7.36. The van der Waals surface area contributed by atoms with E-state index in [-0.39, 0.29) is 18.1 Å². The van der Waals surface area contributed by atoms with E-state index in [9.17, 15) is 13.2 Å². The average molecular weight is 271 g/mol. The molecule has 1 aromatic carbocycles. The molecule has 0 aromatic heterocycles. The molecule has 0 fully saturated rings. The van der Waals surface area contributed by atoms with Crippen LogP contribution in [-0.4, -0.2) is 32.5 Å². The van der Waals surface area contributed by atoms with Gasteiger partial charge in [-0.05, 0) is 24.3 Å². The zero-order valence-corrected chi connectivity index (χ0v) is 11.0. The van der Waals surface area contributed by atoms with Crippen LogP contribution in [0.1, 0.15) is 6.92 Å². The summed E-state index contributed by atoms with van der Waals surface area (Å²) in [5.41, 5.74) is 6.71. The number of nitrogens with one attached hydrogen (secondary N) is 2. The predicted molar refractivity (Wildman–Crippen MR) is 72.2 cm³/mol. The van der Waals surface area contributed by atoms with Crippen LogP contribution in [-0.2, 0) is 9.84 Å². The first-order valence-electron chi connectivity index (χ1n) is 5.54. The first-order chi connectivity index (χ1) is 8.43. The summed E-state index contributed by atoms with van der Waals surface area (Å²) < 4.78 is 22.4. The van der Waals surface area contributed by atoms with Crippen molar-refractivity contribution in [2.45, 2.75) is 6.92 Å². The Balaban J connectivity index is 2.36. The molecule has 7 heteroatoms. The molecule has 0 radical (unpaired) electrons. The minimum atomic E-state index is -3.05. The van der Waals surface area contributed by atoms with Crippen molar-refractivity contribution in [1.29, 1.82) is 0 Å². The van der Waals surface area contributed by atoms with Gasteiger partial charge in [-0.15, -0.1) is 0 Å². The van der Waals surface area contributed by atoms with Gasteiger partial charge in [-0.1, -0.05) is 6.92 Å². The molecule has 1 aromatic rings. The Morgan fingerprint density at radius 1 is 1.28 bits per heavy atom. The molecular weight excluding hydrogens is 254 g/mol. The molecule has 0 spiro atoms. The monoisotopic (exact) mass is 271 g/mol. The van der Waals surface area contributed by atoms with Crippen molar-refractivity contribution in [2.24, 2.45) is 0 Å². The number of rotatable bonds is 5. The summed E-state index contributed by atoms with van der Waals surface area (Å²) in [6.07, 6.45) is 0. The van der Waals surface area contributed by atoms with Gasteiger partial charge >= 0.3 is 6.03 Å². The quantitative estimate of drug-likeness (QED) is 0.690. The van der Waals surface area contributed by atoms with Gasteiger partial charge in [0.05, 0.1) is 5.75 Å². The fraction of sp³-hybridized carbons (Fsp3) is 0.364. The van der Waals surface area contributed by atoms with Crippen molar-refractivity contribution in [3.63, 3.8) is 0 Å². The molecule has 0 atom stereocenters. The van der Waals surface area contributed by atoms with Gasteiger partial charge in [-0.25, -0.2) is 13.2 Å². The second kappa shape index (κ2) is 6.25. The van der Waals surface area contributed by atoms with E-state index in [1.165, 1.54) is 0 Å². The van der Waals surface area contributed by atoms with Gasteiger partial charge in [-0.2, -0.15) is 0 Å². The first kappa shape index (κ1) is 14.3. The summed E-state index contributed by atoms with van der Waals surface area (Å²) in [5.74, 6) is 0.0208. The third-order valence-corrected chi connectivity index (χ3v) is 4.01. The molecule has 4 N–H and O–H groups in total. The van der Waals surface area contributed by atoms with Crippen LogP contribution in [0.3, 0.4) is 0 Å². The van der Waals surface area contributed by atoms with E-state index < -0.39 is 15.9 Å². The Bertz CT molecular complexity index is 497.